The number of imidazole rings is 1. The Labute approximate surface area is 181 Å². The van der Waals surface area contributed by atoms with Crippen LogP contribution in [0.3, 0.4) is 0 Å². The lowest BCUT2D eigenvalue weighted by molar-refractivity contribution is 0.417. The molecule has 1 N–H and O–H groups in total. The maximum absolute atomic E-state index is 12.7. The molecule has 0 aliphatic carbocycles. The Kier molecular flexibility index (Phi) is 5.52. The molecule has 0 saturated carbocycles. The van der Waals surface area contributed by atoms with E-state index < -0.39 is 10.0 Å². The number of hydrogen-bond acceptors (Lipinski definition) is 4. The third kappa shape index (κ3) is 4.78. The van der Waals surface area contributed by atoms with Crippen LogP contribution in [-0.2, 0) is 10.0 Å². The molecule has 2 aromatic carbocycles. The molecule has 2 aromatic heterocycles. The SMILES string of the molecule is COc1ccc(-c2cn3ccc(C)cc3n2)cc1NS(=O)(=O)/C=C/c1ccc(C)cc1. The van der Waals surface area contributed by atoms with E-state index in [1.165, 1.54) is 7.11 Å². The van der Waals surface area contributed by atoms with Crippen molar-refractivity contribution < 1.29 is 13.2 Å². The molecule has 0 bridgehead atoms. The number of nitrogens with zero attached hydrogens (tertiary/aromatic N) is 2. The summed E-state index contributed by atoms with van der Waals surface area (Å²) >= 11 is 0. The van der Waals surface area contributed by atoms with Crippen molar-refractivity contribution in [2.75, 3.05) is 11.8 Å². The van der Waals surface area contributed by atoms with Gasteiger partial charge in [0, 0.05) is 18.0 Å². The van der Waals surface area contributed by atoms with E-state index in [2.05, 4.69) is 9.71 Å². The molecule has 0 aliphatic heterocycles. The molecular formula is C24H23N3O3S. The minimum absolute atomic E-state index is 0.349. The van der Waals surface area contributed by atoms with E-state index in [0.717, 1.165) is 39.0 Å². The lowest BCUT2D eigenvalue weighted by Gasteiger charge is -2.11. The summed E-state index contributed by atoms with van der Waals surface area (Å²) in [4.78, 5) is 4.65. The van der Waals surface area contributed by atoms with Crippen molar-refractivity contribution in [2.24, 2.45) is 0 Å². The molecule has 2 heterocycles. The first-order chi connectivity index (χ1) is 14.8. The van der Waals surface area contributed by atoms with Crippen molar-refractivity contribution in [2.45, 2.75) is 13.8 Å². The van der Waals surface area contributed by atoms with E-state index in [1.807, 2.05) is 73.1 Å². The van der Waals surface area contributed by atoms with Crippen molar-refractivity contribution in [3.8, 4) is 17.0 Å². The van der Waals surface area contributed by atoms with Gasteiger partial charge in [0.15, 0.2) is 0 Å². The van der Waals surface area contributed by atoms with Crippen molar-refractivity contribution in [1.29, 1.82) is 0 Å². The lowest BCUT2D eigenvalue weighted by atomic mass is 10.1. The maximum atomic E-state index is 12.7. The average Bonchev–Trinajstić information content (AvgIpc) is 3.16. The Morgan fingerprint density at radius 3 is 2.52 bits per heavy atom. The molecule has 4 aromatic rings. The van der Waals surface area contributed by atoms with Gasteiger partial charge in [0.05, 0.1) is 23.9 Å². The summed E-state index contributed by atoms with van der Waals surface area (Å²) in [6.45, 7) is 3.99. The van der Waals surface area contributed by atoms with Gasteiger partial charge in [0.1, 0.15) is 11.4 Å². The second-order valence-corrected chi connectivity index (χ2v) is 8.94. The zero-order valence-corrected chi connectivity index (χ0v) is 18.3. The molecule has 4 rings (SSSR count). The predicted molar refractivity (Wildman–Crippen MR) is 125 cm³/mol. The highest BCUT2D eigenvalue weighted by molar-refractivity contribution is 7.95. The third-order valence-electron chi connectivity index (χ3n) is 4.88. The standard InChI is InChI=1S/C24H23N3O3S/c1-17-4-6-19(7-5-17)11-13-31(28,29)26-21-15-20(8-9-23(21)30-3)22-16-27-12-10-18(2)14-24(27)25-22/h4-16,26H,1-3H3/b13-11+. The smallest absolute Gasteiger partial charge is 0.255 e. The minimum atomic E-state index is -3.74. The van der Waals surface area contributed by atoms with Crippen LogP contribution in [0, 0.1) is 13.8 Å². The number of fused-ring (bicyclic) bond motifs is 1. The second kappa shape index (κ2) is 8.28. The molecule has 0 atom stereocenters. The van der Waals surface area contributed by atoms with E-state index in [4.69, 9.17) is 4.74 Å². The van der Waals surface area contributed by atoms with Crippen LogP contribution in [0.25, 0.3) is 23.0 Å². The summed E-state index contributed by atoms with van der Waals surface area (Å²) in [7, 11) is -2.24. The number of anilines is 1. The molecule has 7 heteroatoms. The summed E-state index contributed by atoms with van der Waals surface area (Å²) in [5.74, 6) is 0.427. The zero-order valence-electron chi connectivity index (χ0n) is 17.5. The van der Waals surface area contributed by atoms with Crippen molar-refractivity contribution in [3.05, 3.63) is 89.1 Å². The maximum Gasteiger partial charge on any atom is 0.255 e. The second-order valence-electron chi connectivity index (χ2n) is 7.37. The van der Waals surface area contributed by atoms with Gasteiger partial charge in [-0.15, -0.1) is 0 Å². The van der Waals surface area contributed by atoms with Crippen LogP contribution in [-0.4, -0.2) is 24.9 Å². The number of methoxy groups -OCH3 is 1. The van der Waals surface area contributed by atoms with Crippen molar-refractivity contribution in [3.63, 3.8) is 0 Å². The van der Waals surface area contributed by atoms with Gasteiger partial charge in [-0.05, 0) is 61.4 Å². The average molecular weight is 434 g/mol. The summed E-state index contributed by atoms with van der Waals surface area (Å²) in [5.41, 5.74) is 5.73. The van der Waals surface area contributed by atoms with Gasteiger partial charge >= 0.3 is 0 Å². The van der Waals surface area contributed by atoms with Gasteiger partial charge in [0.25, 0.3) is 10.0 Å². The van der Waals surface area contributed by atoms with E-state index in [-0.39, 0.29) is 0 Å². The zero-order chi connectivity index (χ0) is 22.0. The fraction of sp³-hybridized carbons (Fsp3) is 0.125. The first-order valence-corrected chi connectivity index (χ1v) is 11.3. The van der Waals surface area contributed by atoms with E-state index >= 15 is 0 Å². The van der Waals surface area contributed by atoms with Crippen LogP contribution in [0.15, 0.2) is 72.4 Å². The highest BCUT2D eigenvalue weighted by Gasteiger charge is 2.13. The summed E-state index contributed by atoms with van der Waals surface area (Å²) in [6, 6.07) is 16.9. The molecule has 0 unspecified atom stereocenters. The number of aromatic nitrogens is 2. The van der Waals surface area contributed by atoms with Crippen molar-refractivity contribution in [1.82, 2.24) is 9.38 Å². The molecule has 158 valence electrons. The highest BCUT2D eigenvalue weighted by Crippen LogP contribution is 2.31. The van der Waals surface area contributed by atoms with E-state index in [0.29, 0.717) is 11.4 Å². The molecular weight excluding hydrogens is 410 g/mol. The minimum Gasteiger partial charge on any atom is -0.495 e. The van der Waals surface area contributed by atoms with E-state index in [1.54, 1.807) is 18.2 Å². The Morgan fingerprint density at radius 1 is 1.00 bits per heavy atom. The molecule has 0 saturated heterocycles. The number of hydrogen-bond donors (Lipinski definition) is 1. The molecule has 0 fully saturated rings. The van der Waals surface area contributed by atoms with Crippen LogP contribution < -0.4 is 9.46 Å². The third-order valence-corrected chi connectivity index (χ3v) is 5.88. The largest absolute Gasteiger partial charge is 0.495 e. The predicted octanol–water partition coefficient (Wildman–Crippen LogP) is 5.04. The quantitative estimate of drug-likeness (QED) is 0.462. The first kappa shape index (κ1) is 20.7. The van der Waals surface area contributed by atoms with Crippen LogP contribution in [0.2, 0.25) is 0 Å². The Hall–Kier alpha value is -3.58. The number of aryl methyl sites for hydroxylation is 2. The number of pyridine rings is 1. The molecule has 31 heavy (non-hydrogen) atoms. The fourth-order valence-electron chi connectivity index (χ4n) is 3.20. The van der Waals surface area contributed by atoms with Crippen LogP contribution in [0.5, 0.6) is 5.75 Å². The van der Waals surface area contributed by atoms with Crippen LogP contribution in [0.4, 0.5) is 5.69 Å². The number of sulfonamides is 1. The number of ether oxygens (including phenoxy) is 1. The van der Waals surface area contributed by atoms with Crippen LogP contribution in [0.1, 0.15) is 16.7 Å². The number of nitrogens with one attached hydrogen (secondary N) is 1. The Balaban J connectivity index is 1.64. The highest BCUT2D eigenvalue weighted by atomic mass is 32.2. The van der Waals surface area contributed by atoms with Gasteiger partial charge in [-0.25, -0.2) is 13.4 Å². The van der Waals surface area contributed by atoms with Gasteiger partial charge < -0.3 is 9.14 Å². The topological polar surface area (TPSA) is 72.7 Å². The molecule has 0 radical (unpaired) electrons. The van der Waals surface area contributed by atoms with Gasteiger partial charge in [0.2, 0.25) is 0 Å². The molecule has 0 amide bonds. The number of rotatable bonds is 6. The fourth-order valence-corrected chi connectivity index (χ4v) is 4.07. The Bertz CT molecular complexity index is 1370. The van der Waals surface area contributed by atoms with Gasteiger partial charge in [-0.1, -0.05) is 29.8 Å². The van der Waals surface area contributed by atoms with E-state index in [9.17, 15) is 8.42 Å². The Morgan fingerprint density at radius 2 is 1.77 bits per heavy atom. The lowest BCUT2D eigenvalue weighted by Crippen LogP contribution is -2.10. The normalized spacial score (nSPS) is 11.8. The summed E-state index contributed by atoms with van der Waals surface area (Å²) < 4.78 is 35.2. The molecule has 6 nitrogen and oxygen atoms in total. The molecule has 0 spiro atoms. The van der Waals surface area contributed by atoms with Gasteiger partial charge in [-0.2, -0.15) is 0 Å². The summed E-state index contributed by atoms with van der Waals surface area (Å²) in [6.07, 6.45) is 5.42. The van der Waals surface area contributed by atoms with Gasteiger partial charge in [-0.3, -0.25) is 4.72 Å². The monoisotopic (exact) mass is 433 g/mol. The summed E-state index contributed by atoms with van der Waals surface area (Å²) in [5, 5.41) is 1.15. The first-order valence-electron chi connectivity index (χ1n) is 9.74. The number of benzene rings is 2. The van der Waals surface area contributed by atoms with Crippen molar-refractivity contribution >= 4 is 27.4 Å². The molecule has 0 aliphatic rings. The van der Waals surface area contributed by atoms with Crippen LogP contribution >= 0.6 is 0 Å².